The monoisotopic (exact) mass is 414 g/mol. The number of anilines is 1. The maximum absolute atomic E-state index is 12.3. The summed E-state index contributed by atoms with van der Waals surface area (Å²) in [4.78, 5) is 24.2. The third kappa shape index (κ3) is 5.93. The lowest BCUT2D eigenvalue weighted by Gasteiger charge is -2.08. The Morgan fingerprint density at radius 2 is 2.07 bits per heavy atom. The Morgan fingerprint density at radius 1 is 1.31 bits per heavy atom. The van der Waals surface area contributed by atoms with Crippen molar-refractivity contribution in [3.8, 4) is 0 Å². The van der Waals surface area contributed by atoms with Crippen LogP contribution in [0, 0.1) is 0 Å². The zero-order chi connectivity index (χ0) is 20.6. The lowest BCUT2D eigenvalue weighted by molar-refractivity contribution is -0.113. The first-order valence-corrected chi connectivity index (χ1v) is 10.8. The summed E-state index contributed by atoms with van der Waals surface area (Å²) in [5, 5.41) is 12.1. The molecule has 1 aromatic heterocycles. The molecule has 0 bridgehead atoms. The minimum absolute atomic E-state index is 0.144. The van der Waals surface area contributed by atoms with Gasteiger partial charge in [-0.3, -0.25) is 4.79 Å². The Morgan fingerprint density at radius 3 is 2.72 bits per heavy atom. The fourth-order valence-corrected chi connectivity index (χ4v) is 3.52. The highest BCUT2D eigenvalue weighted by molar-refractivity contribution is 7.99. The molecule has 1 heterocycles. The van der Waals surface area contributed by atoms with Gasteiger partial charge in [-0.05, 0) is 43.5 Å². The third-order valence-corrected chi connectivity index (χ3v) is 5.43. The number of ether oxygens (including phenoxy) is 1. The summed E-state index contributed by atoms with van der Waals surface area (Å²) in [6.45, 7) is 6.89. The molecule has 0 unspecified atom stereocenters. The predicted octanol–water partition coefficient (Wildman–Crippen LogP) is 4.03. The van der Waals surface area contributed by atoms with Gasteiger partial charge in [-0.2, -0.15) is 0 Å². The van der Waals surface area contributed by atoms with Crippen molar-refractivity contribution in [1.29, 1.82) is 0 Å². The Hall–Kier alpha value is -2.61. The first kappa shape index (κ1) is 21.1. The number of benzene rings is 1. The summed E-state index contributed by atoms with van der Waals surface area (Å²) >= 11 is 1.36. The summed E-state index contributed by atoms with van der Waals surface area (Å²) < 4.78 is 7.21. The van der Waals surface area contributed by atoms with Crippen LogP contribution in [-0.4, -0.2) is 39.0 Å². The number of hydrogen-bond donors (Lipinski definition) is 1. The largest absolute Gasteiger partial charge is 0.462 e. The van der Waals surface area contributed by atoms with Crippen LogP contribution in [0.2, 0.25) is 0 Å². The van der Waals surface area contributed by atoms with E-state index in [0.717, 1.165) is 36.7 Å². The number of amides is 1. The number of allylic oxidation sites excluding steroid dienone is 1. The van der Waals surface area contributed by atoms with Gasteiger partial charge in [0.25, 0.3) is 0 Å². The van der Waals surface area contributed by atoms with Crippen LogP contribution in [0.25, 0.3) is 0 Å². The second-order valence-corrected chi connectivity index (χ2v) is 7.86. The van der Waals surface area contributed by atoms with Crippen molar-refractivity contribution < 1.29 is 14.3 Å². The molecular weight excluding hydrogens is 388 g/mol. The van der Waals surface area contributed by atoms with E-state index in [2.05, 4.69) is 22.1 Å². The first-order chi connectivity index (χ1) is 14.1. The topological polar surface area (TPSA) is 86.1 Å². The fourth-order valence-electron chi connectivity index (χ4n) is 2.76. The predicted molar refractivity (Wildman–Crippen MR) is 113 cm³/mol. The highest BCUT2D eigenvalue weighted by atomic mass is 32.2. The van der Waals surface area contributed by atoms with Crippen LogP contribution in [-0.2, 0) is 16.1 Å². The van der Waals surface area contributed by atoms with Crippen molar-refractivity contribution in [3.63, 3.8) is 0 Å². The highest BCUT2D eigenvalue weighted by Gasteiger charge is 2.30. The van der Waals surface area contributed by atoms with E-state index in [1.165, 1.54) is 11.8 Å². The van der Waals surface area contributed by atoms with Gasteiger partial charge in [0.2, 0.25) is 5.91 Å². The molecule has 2 aromatic rings. The lowest BCUT2D eigenvalue weighted by atomic mass is 10.2. The quantitative estimate of drug-likeness (QED) is 0.259. The van der Waals surface area contributed by atoms with E-state index in [-0.39, 0.29) is 17.6 Å². The van der Waals surface area contributed by atoms with Crippen molar-refractivity contribution >= 4 is 29.3 Å². The molecule has 1 N–H and O–H groups in total. The van der Waals surface area contributed by atoms with Gasteiger partial charge < -0.3 is 14.6 Å². The SMILES string of the molecule is C=CCn1c(SCC(=O)Nc2ccc(C(=O)OCCCC)cc2)nnc1C1CC1. The molecule has 1 aromatic carbocycles. The number of carbonyl (C=O) groups excluding carboxylic acids is 2. The fraction of sp³-hybridized carbons (Fsp3) is 0.429. The van der Waals surface area contributed by atoms with Gasteiger partial charge in [0.1, 0.15) is 5.82 Å². The molecule has 1 aliphatic rings. The van der Waals surface area contributed by atoms with Crippen LogP contribution in [0.5, 0.6) is 0 Å². The van der Waals surface area contributed by atoms with Gasteiger partial charge in [-0.15, -0.1) is 16.8 Å². The zero-order valence-corrected chi connectivity index (χ0v) is 17.4. The Kier molecular flexibility index (Phi) is 7.46. The van der Waals surface area contributed by atoms with E-state index in [4.69, 9.17) is 4.74 Å². The zero-order valence-electron chi connectivity index (χ0n) is 16.6. The number of esters is 1. The van der Waals surface area contributed by atoms with Gasteiger partial charge in [0, 0.05) is 18.2 Å². The van der Waals surface area contributed by atoms with E-state index in [1.54, 1.807) is 24.3 Å². The van der Waals surface area contributed by atoms with Crippen LogP contribution in [0.3, 0.4) is 0 Å². The molecule has 0 radical (unpaired) electrons. The van der Waals surface area contributed by atoms with Gasteiger partial charge >= 0.3 is 5.97 Å². The Bertz CT molecular complexity index is 859. The van der Waals surface area contributed by atoms with Crippen molar-refractivity contribution in [2.45, 2.75) is 50.2 Å². The normalized spacial score (nSPS) is 13.1. The molecule has 0 saturated heterocycles. The van der Waals surface area contributed by atoms with E-state index >= 15 is 0 Å². The average Bonchev–Trinajstić information content (AvgIpc) is 3.49. The van der Waals surface area contributed by atoms with Gasteiger partial charge in [0.05, 0.1) is 17.9 Å². The van der Waals surface area contributed by atoms with Crippen LogP contribution < -0.4 is 5.32 Å². The number of thioether (sulfide) groups is 1. The minimum atomic E-state index is -0.347. The number of rotatable bonds is 11. The second-order valence-electron chi connectivity index (χ2n) is 6.92. The van der Waals surface area contributed by atoms with Crippen molar-refractivity contribution in [3.05, 3.63) is 48.3 Å². The van der Waals surface area contributed by atoms with E-state index in [0.29, 0.717) is 30.3 Å². The van der Waals surface area contributed by atoms with Gasteiger partial charge in [0.15, 0.2) is 5.16 Å². The highest BCUT2D eigenvalue weighted by Crippen LogP contribution is 2.40. The molecular formula is C21H26N4O3S. The Labute approximate surface area is 174 Å². The molecule has 1 amide bonds. The molecule has 7 nitrogen and oxygen atoms in total. The molecule has 8 heteroatoms. The molecule has 3 rings (SSSR count). The second kappa shape index (κ2) is 10.2. The molecule has 1 aliphatic carbocycles. The molecule has 0 spiro atoms. The van der Waals surface area contributed by atoms with Gasteiger partial charge in [-0.1, -0.05) is 31.2 Å². The third-order valence-electron chi connectivity index (χ3n) is 4.47. The number of aromatic nitrogens is 3. The standard InChI is InChI=1S/C21H26N4O3S/c1-3-5-13-28-20(27)16-8-10-17(11-9-16)22-18(26)14-29-21-24-23-19(15-6-7-15)25(21)12-4-2/h4,8-11,15H,2-3,5-7,12-14H2,1H3,(H,22,26). The summed E-state index contributed by atoms with van der Waals surface area (Å²) in [5.41, 5.74) is 1.10. The molecule has 0 aliphatic heterocycles. The summed E-state index contributed by atoms with van der Waals surface area (Å²) in [5.74, 6) is 1.20. The molecule has 1 fully saturated rings. The smallest absolute Gasteiger partial charge is 0.338 e. The summed E-state index contributed by atoms with van der Waals surface area (Å²) in [6, 6.07) is 6.70. The Balaban J connectivity index is 1.51. The van der Waals surface area contributed by atoms with E-state index in [9.17, 15) is 9.59 Å². The van der Waals surface area contributed by atoms with E-state index < -0.39 is 0 Å². The number of unbranched alkanes of at least 4 members (excludes halogenated alkanes) is 1. The number of nitrogens with zero attached hydrogens (tertiary/aromatic N) is 3. The van der Waals surface area contributed by atoms with Gasteiger partial charge in [-0.25, -0.2) is 4.79 Å². The average molecular weight is 415 g/mol. The first-order valence-electron chi connectivity index (χ1n) is 9.86. The number of carbonyl (C=O) groups is 2. The molecule has 0 atom stereocenters. The van der Waals surface area contributed by atoms with Crippen LogP contribution in [0.4, 0.5) is 5.69 Å². The molecule has 154 valence electrons. The van der Waals surface area contributed by atoms with Crippen molar-refractivity contribution in [1.82, 2.24) is 14.8 Å². The summed E-state index contributed by atoms with van der Waals surface area (Å²) in [6.07, 6.45) is 5.92. The maximum atomic E-state index is 12.3. The number of nitrogens with one attached hydrogen (secondary N) is 1. The lowest BCUT2D eigenvalue weighted by Crippen LogP contribution is -2.15. The van der Waals surface area contributed by atoms with Crippen LogP contribution >= 0.6 is 11.8 Å². The maximum Gasteiger partial charge on any atom is 0.338 e. The molecule has 1 saturated carbocycles. The molecule has 29 heavy (non-hydrogen) atoms. The minimum Gasteiger partial charge on any atom is -0.462 e. The van der Waals surface area contributed by atoms with Crippen LogP contribution in [0.1, 0.15) is 54.7 Å². The summed E-state index contributed by atoms with van der Waals surface area (Å²) in [7, 11) is 0. The number of hydrogen-bond acceptors (Lipinski definition) is 6. The van der Waals surface area contributed by atoms with Crippen molar-refractivity contribution in [2.24, 2.45) is 0 Å². The van der Waals surface area contributed by atoms with E-state index in [1.807, 2.05) is 17.6 Å². The van der Waals surface area contributed by atoms with Crippen molar-refractivity contribution in [2.75, 3.05) is 17.7 Å². The van der Waals surface area contributed by atoms with Crippen LogP contribution in [0.15, 0.2) is 42.1 Å².